The topological polar surface area (TPSA) is 35.5 Å². The first-order valence-electron chi connectivity index (χ1n) is 4.62. The molecule has 3 nitrogen and oxygen atoms in total. The summed E-state index contributed by atoms with van der Waals surface area (Å²) in [4.78, 5) is 11.5. The SMILES string of the molecule is O=C1C[C@@H]2CO[C@@H]3OCCC1[C@H]23. The molecular formula is C9H12O3. The molecule has 0 spiro atoms. The van der Waals surface area contributed by atoms with Crippen molar-refractivity contribution >= 4 is 5.78 Å². The maximum absolute atomic E-state index is 11.5. The average Bonchev–Trinajstić information content (AvgIpc) is 2.61. The monoisotopic (exact) mass is 168 g/mol. The van der Waals surface area contributed by atoms with Crippen molar-refractivity contribution in [1.82, 2.24) is 0 Å². The molecule has 1 unspecified atom stereocenters. The van der Waals surface area contributed by atoms with Crippen LogP contribution in [0.3, 0.4) is 0 Å². The third kappa shape index (κ3) is 0.756. The molecule has 66 valence electrons. The minimum Gasteiger partial charge on any atom is -0.352 e. The second kappa shape index (κ2) is 2.30. The molecule has 0 N–H and O–H groups in total. The first kappa shape index (κ1) is 7.04. The van der Waals surface area contributed by atoms with Crippen LogP contribution in [-0.2, 0) is 14.3 Å². The Balaban J connectivity index is 1.94. The van der Waals surface area contributed by atoms with E-state index in [0.717, 1.165) is 19.4 Å². The van der Waals surface area contributed by atoms with Crippen LogP contribution < -0.4 is 0 Å². The fourth-order valence-electron chi connectivity index (χ4n) is 2.82. The van der Waals surface area contributed by atoms with E-state index in [9.17, 15) is 4.79 Å². The van der Waals surface area contributed by atoms with Gasteiger partial charge in [0.15, 0.2) is 6.29 Å². The van der Waals surface area contributed by atoms with Crippen molar-refractivity contribution in [2.24, 2.45) is 17.8 Å². The van der Waals surface area contributed by atoms with Gasteiger partial charge in [0.05, 0.1) is 13.2 Å². The molecule has 1 saturated carbocycles. The molecule has 0 radical (unpaired) electrons. The molecule has 1 aliphatic carbocycles. The molecule has 2 aliphatic heterocycles. The summed E-state index contributed by atoms with van der Waals surface area (Å²) in [6.45, 7) is 1.43. The summed E-state index contributed by atoms with van der Waals surface area (Å²) in [5.41, 5.74) is 0. The number of ether oxygens (including phenoxy) is 2. The van der Waals surface area contributed by atoms with Gasteiger partial charge in [0.1, 0.15) is 5.78 Å². The molecule has 0 aromatic rings. The van der Waals surface area contributed by atoms with Crippen LogP contribution in [0.2, 0.25) is 0 Å². The molecule has 0 aromatic heterocycles. The Morgan fingerprint density at radius 3 is 3.17 bits per heavy atom. The lowest BCUT2D eigenvalue weighted by Crippen LogP contribution is -2.34. The van der Waals surface area contributed by atoms with E-state index < -0.39 is 0 Å². The lowest BCUT2D eigenvalue weighted by Gasteiger charge is -2.28. The molecule has 12 heavy (non-hydrogen) atoms. The Kier molecular flexibility index (Phi) is 1.35. The predicted molar refractivity (Wildman–Crippen MR) is 40.4 cm³/mol. The van der Waals surface area contributed by atoms with Crippen molar-refractivity contribution in [3.05, 3.63) is 0 Å². The third-order valence-corrected chi connectivity index (χ3v) is 3.39. The highest BCUT2D eigenvalue weighted by atomic mass is 16.7. The first-order chi connectivity index (χ1) is 5.86. The van der Waals surface area contributed by atoms with E-state index in [1.54, 1.807) is 0 Å². The maximum atomic E-state index is 11.5. The van der Waals surface area contributed by atoms with Crippen LogP contribution in [-0.4, -0.2) is 25.3 Å². The van der Waals surface area contributed by atoms with Crippen LogP contribution in [0.5, 0.6) is 0 Å². The molecular weight excluding hydrogens is 156 g/mol. The fourth-order valence-corrected chi connectivity index (χ4v) is 2.82. The van der Waals surface area contributed by atoms with E-state index in [1.807, 2.05) is 0 Å². The summed E-state index contributed by atoms with van der Waals surface area (Å²) in [6.07, 6.45) is 1.59. The quantitative estimate of drug-likeness (QED) is 0.531. The normalized spacial score (nSPS) is 51.2. The zero-order valence-electron chi connectivity index (χ0n) is 6.86. The van der Waals surface area contributed by atoms with Crippen LogP contribution in [0, 0.1) is 17.8 Å². The molecule has 2 heterocycles. The molecule has 0 aromatic carbocycles. The summed E-state index contributed by atoms with van der Waals surface area (Å²) in [5, 5.41) is 0. The summed E-state index contributed by atoms with van der Waals surface area (Å²) >= 11 is 0. The number of hydrogen-bond donors (Lipinski definition) is 0. The molecule has 3 heteroatoms. The van der Waals surface area contributed by atoms with E-state index in [1.165, 1.54) is 0 Å². The second-order valence-corrected chi connectivity index (χ2v) is 3.98. The lowest BCUT2D eigenvalue weighted by molar-refractivity contribution is -0.168. The molecule has 3 rings (SSSR count). The van der Waals surface area contributed by atoms with Gasteiger partial charge in [-0.3, -0.25) is 4.79 Å². The largest absolute Gasteiger partial charge is 0.352 e. The van der Waals surface area contributed by atoms with Gasteiger partial charge in [0, 0.05) is 18.3 Å². The van der Waals surface area contributed by atoms with E-state index in [0.29, 0.717) is 24.2 Å². The van der Waals surface area contributed by atoms with Crippen molar-refractivity contribution in [1.29, 1.82) is 0 Å². The Labute approximate surface area is 71.0 Å². The van der Waals surface area contributed by atoms with Gasteiger partial charge in [-0.05, 0) is 12.3 Å². The van der Waals surface area contributed by atoms with E-state index >= 15 is 0 Å². The zero-order valence-corrected chi connectivity index (χ0v) is 6.86. The first-order valence-corrected chi connectivity index (χ1v) is 4.62. The minimum absolute atomic E-state index is 0.0554. The van der Waals surface area contributed by atoms with Gasteiger partial charge >= 0.3 is 0 Å². The van der Waals surface area contributed by atoms with Gasteiger partial charge in [0.25, 0.3) is 0 Å². The number of ketones is 1. The summed E-state index contributed by atoms with van der Waals surface area (Å²) in [7, 11) is 0. The van der Waals surface area contributed by atoms with Crippen LogP contribution in [0.15, 0.2) is 0 Å². The van der Waals surface area contributed by atoms with E-state index in [4.69, 9.17) is 9.47 Å². The van der Waals surface area contributed by atoms with Crippen molar-refractivity contribution in [3.63, 3.8) is 0 Å². The third-order valence-electron chi connectivity index (χ3n) is 3.39. The number of rotatable bonds is 0. The molecule has 4 atom stereocenters. The van der Waals surface area contributed by atoms with Crippen LogP contribution >= 0.6 is 0 Å². The second-order valence-electron chi connectivity index (χ2n) is 3.98. The van der Waals surface area contributed by atoms with Gasteiger partial charge in [-0.25, -0.2) is 0 Å². The fraction of sp³-hybridized carbons (Fsp3) is 0.889. The Bertz CT molecular complexity index is 224. The highest BCUT2D eigenvalue weighted by Gasteiger charge is 2.53. The van der Waals surface area contributed by atoms with Crippen molar-refractivity contribution in [3.8, 4) is 0 Å². The number of carbonyl (C=O) groups is 1. The van der Waals surface area contributed by atoms with Crippen LogP contribution in [0.25, 0.3) is 0 Å². The van der Waals surface area contributed by atoms with Crippen molar-refractivity contribution in [2.75, 3.05) is 13.2 Å². The maximum Gasteiger partial charge on any atom is 0.161 e. The Morgan fingerprint density at radius 1 is 1.33 bits per heavy atom. The smallest absolute Gasteiger partial charge is 0.161 e. The van der Waals surface area contributed by atoms with Gasteiger partial charge in [-0.1, -0.05) is 0 Å². The Hall–Kier alpha value is -0.410. The molecule has 3 aliphatic rings. The summed E-state index contributed by atoms with van der Waals surface area (Å²) in [6, 6.07) is 0. The number of Topliss-reactive ketones (excluding diaryl/α,β-unsaturated/α-hetero) is 1. The van der Waals surface area contributed by atoms with Crippen molar-refractivity contribution in [2.45, 2.75) is 19.1 Å². The van der Waals surface area contributed by atoms with Gasteiger partial charge in [-0.15, -0.1) is 0 Å². The lowest BCUT2D eigenvalue weighted by atomic mass is 9.87. The summed E-state index contributed by atoms with van der Waals surface area (Å²) in [5.74, 6) is 1.57. The van der Waals surface area contributed by atoms with Crippen LogP contribution in [0.4, 0.5) is 0 Å². The Morgan fingerprint density at radius 2 is 2.25 bits per heavy atom. The standard InChI is InChI=1S/C9H12O3/c10-7-3-5-4-12-9-8(5)6(7)1-2-11-9/h5-6,8-9H,1-4H2/t5-,6?,8+,9+/m1/s1. The molecule has 2 saturated heterocycles. The minimum atomic E-state index is -0.0554. The molecule has 0 bridgehead atoms. The van der Waals surface area contributed by atoms with E-state index in [2.05, 4.69) is 0 Å². The highest BCUT2D eigenvalue weighted by molar-refractivity contribution is 5.84. The van der Waals surface area contributed by atoms with Gasteiger partial charge < -0.3 is 9.47 Å². The van der Waals surface area contributed by atoms with E-state index in [-0.39, 0.29) is 12.2 Å². The predicted octanol–water partition coefficient (Wildman–Crippen LogP) is 0.584. The zero-order chi connectivity index (χ0) is 8.13. The molecule has 0 amide bonds. The van der Waals surface area contributed by atoms with Crippen LogP contribution in [0.1, 0.15) is 12.8 Å². The van der Waals surface area contributed by atoms with Gasteiger partial charge in [0.2, 0.25) is 0 Å². The number of hydrogen-bond acceptors (Lipinski definition) is 3. The molecule has 3 fully saturated rings. The van der Waals surface area contributed by atoms with Crippen molar-refractivity contribution < 1.29 is 14.3 Å². The summed E-state index contributed by atoms with van der Waals surface area (Å²) < 4.78 is 10.9. The average molecular weight is 168 g/mol. The number of carbonyl (C=O) groups excluding carboxylic acids is 1. The highest BCUT2D eigenvalue weighted by Crippen LogP contribution is 2.46. The van der Waals surface area contributed by atoms with Gasteiger partial charge in [-0.2, -0.15) is 0 Å².